The quantitative estimate of drug-likeness (QED) is 0.788. The second kappa shape index (κ2) is 5.56. The van der Waals surface area contributed by atoms with Crippen LogP contribution >= 0.6 is 11.3 Å². The molecule has 0 spiro atoms. The summed E-state index contributed by atoms with van der Waals surface area (Å²) in [7, 11) is 0. The van der Waals surface area contributed by atoms with Gasteiger partial charge in [0.15, 0.2) is 0 Å². The summed E-state index contributed by atoms with van der Waals surface area (Å²) in [4.78, 5) is 28.1. The summed E-state index contributed by atoms with van der Waals surface area (Å²) in [6.45, 7) is 8.12. The maximum atomic E-state index is 12.5. The molecule has 0 bridgehead atoms. The molecular weight excluding hydrogens is 274 g/mol. The Hall–Kier alpha value is -1.36. The lowest BCUT2D eigenvalue weighted by Gasteiger charge is -2.27. The first kappa shape index (κ1) is 15.0. The minimum atomic E-state index is -0.520. The van der Waals surface area contributed by atoms with E-state index >= 15 is 0 Å². The number of hydrogen-bond acceptors (Lipinski definition) is 4. The lowest BCUT2D eigenvalue weighted by molar-refractivity contribution is -0.159. The van der Waals surface area contributed by atoms with Crippen LogP contribution < -0.4 is 0 Å². The Labute approximate surface area is 123 Å². The Morgan fingerprint density at radius 1 is 1.35 bits per heavy atom. The van der Waals surface area contributed by atoms with Crippen LogP contribution in [0.1, 0.15) is 48.2 Å². The monoisotopic (exact) mass is 295 g/mol. The summed E-state index contributed by atoms with van der Waals surface area (Å²) in [5, 5.41) is 0. The molecule has 110 valence electrons. The van der Waals surface area contributed by atoms with Crippen molar-refractivity contribution in [1.82, 2.24) is 4.90 Å². The van der Waals surface area contributed by atoms with Crippen molar-refractivity contribution in [2.45, 2.75) is 52.2 Å². The fraction of sp³-hybridized carbons (Fsp3) is 0.600. The van der Waals surface area contributed by atoms with E-state index < -0.39 is 11.6 Å². The SMILES string of the molecule is Cc1ccc(C(=O)N2CCC[C@H]2C(=O)OC(C)(C)C)s1. The number of hydrogen-bond donors (Lipinski definition) is 0. The molecule has 1 aromatic heterocycles. The minimum absolute atomic E-state index is 0.0588. The molecule has 20 heavy (non-hydrogen) atoms. The number of aryl methyl sites for hydroxylation is 1. The molecular formula is C15H21NO3S. The van der Waals surface area contributed by atoms with Crippen molar-refractivity contribution in [1.29, 1.82) is 0 Å². The highest BCUT2D eigenvalue weighted by Crippen LogP contribution is 2.25. The first-order valence-electron chi connectivity index (χ1n) is 6.88. The molecule has 1 atom stereocenters. The lowest BCUT2D eigenvalue weighted by atomic mass is 10.1. The third-order valence-corrected chi connectivity index (χ3v) is 4.13. The van der Waals surface area contributed by atoms with Gasteiger partial charge in [0.25, 0.3) is 5.91 Å². The Morgan fingerprint density at radius 2 is 2.05 bits per heavy atom. The van der Waals surface area contributed by atoms with E-state index in [9.17, 15) is 9.59 Å². The van der Waals surface area contributed by atoms with Crippen LogP contribution in [-0.4, -0.2) is 35.0 Å². The Balaban J connectivity index is 2.11. The number of carbonyl (C=O) groups excluding carboxylic acids is 2. The summed E-state index contributed by atoms with van der Waals surface area (Å²) in [5.41, 5.74) is -0.520. The molecule has 1 fully saturated rings. The molecule has 1 saturated heterocycles. The van der Waals surface area contributed by atoms with Gasteiger partial charge in [0.05, 0.1) is 4.88 Å². The molecule has 1 aliphatic rings. The van der Waals surface area contributed by atoms with Crippen LogP contribution in [0.4, 0.5) is 0 Å². The van der Waals surface area contributed by atoms with Gasteiger partial charge in [-0.25, -0.2) is 4.79 Å². The van der Waals surface area contributed by atoms with E-state index in [-0.39, 0.29) is 11.9 Å². The lowest BCUT2D eigenvalue weighted by Crippen LogP contribution is -2.43. The summed E-state index contributed by atoms with van der Waals surface area (Å²) in [6.07, 6.45) is 1.53. The molecule has 2 heterocycles. The topological polar surface area (TPSA) is 46.6 Å². The Kier molecular flexibility index (Phi) is 4.18. The van der Waals surface area contributed by atoms with Crippen LogP contribution in [0.25, 0.3) is 0 Å². The molecule has 0 N–H and O–H groups in total. The number of rotatable bonds is 2. The average Bonchev–Trinajstić information content (AvgIpc) is 2.93. The largest absolute Gasteiger partial charge is 0.458 e. The highest BCUT2D eigenvalue weighted by molar-refractivity contribution is 7.13. The molecule has 4 nitrogen and oxygen atoms in total. The second-order valence-electron chi connectivity index (χ2n) is 6.10. The van der Waals surface area contributed by atoms with Crippen molar-refractivity contribution < 1.29 is 14.3 Å². The fourth-order valence-electron chi connectivity index (χ4n) is 2.32. The van der Waals surface area contributed by atoms with Gasteiger partial charge in [-0.1, -0.05) is 0 Å². The molecule has 1 aromatic rings. The Bertz CT molecular complexity index is 515. The van der Waals surface area contributed by atoms with Gasteiger partial charge in [-0.3, -0.25) is 4.79 Å². The number of amides is 1. The van der Waals surface area contributed by atoms with Gasteiger partial charge in [-0.15, -0.1) is 11.3 Å². The van der Waals surface area contributed by atoms with Gasteiger partial charge >= 0.3 is 5.97 Å². The molecule has 0 aliphatic carbocycles. The molecule has 1 aliphatic heterocycles. The number of nitrogens with zero attached hydrogens (tertiary/aromatic N) is 1. The van der Waals surface area contributed by atoms with Gasteiger partial charge in [0.2, 0.25) is 0 Å². The zero-order valence-electron chi connectivity index (χ0n) is 12.4. The molecule has 5 heteroatoms. The number of ether oxygens (including phenoxy) is 1. The number of thiophene rings is 1. The van der Waals surface area contributed by atoms with E-state index in [1.165, 1.54) is 11.3 Å². The average molecular weight is 295 g/mol. The second-order valence-corrected chi connectivity index (χ2v) is 7.39. The van der Waals surface area contributed by atoms with Crippen molar-refractivity contribution in [3.8, 4) is 0 Å². The van der Waals surface area contributed by atoms with E-state index in [2.05, 4.69) is 0 Å². The predicted octanol–water partition coefficient (Wildman–Crippen LogP) is 3.00. The molecule has 0 radical (unpaired) electrons. The van der Waals surface area contributed by atoms with E-state index in [4.69, 9.17) is 4.74 Å². The Morgan fingerprint density at radius 3 is 2.60 bits per heavy atom. The summed E-state index contributed by atoms with van der Waals surface area (Å²) in [6, 6.07) is 3.31. The standard InChI is InChI=1S/C15H21NO3S/c1-10-7-8-12(20-10)13(17)16-9-5-6-11(16)14(18)19-15(2,3)4/h7-8,11H,5-6,9H2,1-4H3/t11-/m0/s1. The van der Waals surface area contributed by atoms with Crippen LogP contribution in [0.5, 0.6) is 0 Å². The number of likely N-dealkylation sites (tertiary alicyclic amines) is 1. The van der Waals surface area contributed by atoms with Gasteiger partial charge in [0.1, 0.15) is 11.6 Å². The summed E-state index contributed by atoms with van der Waals surface area (Å²) >= 11 is 1.47. The van der Waals surface area contributed by atoms with E-state index in [0.29, 0.717) is 17.8 Å². The van der Waals surface area contributed by atoms with Gasteiger partial charge in [-0.2, -0.15) is 0 Å². The van der Waals surface area contributed by atoms with Gasteiger partial charge in [0, 0.05) is 11.4 Å². The molecule has 0 unspecified atom stereocenters. The fourth-order valence-corrected chi connectivity index (χ4v) is 3.14. The summed E-state index contributed by atoms with van der Waals surface area (Å²) < 4.78 is 5.41. The summed E-state index contributed by atoms with van der Waals surface area (Å²) in [5.74, 6) is -0.354. The van der Waals surface area contributed by atoms with E-state index in [1.807, 2.05) is 39.8 Å². The molecule has 0 saturated carbocycles. The van der Waals surface area contributed by atoms with Gasteiger partial charge < -0.3 is 9.64 Å². The van der Waals surface area contributed by atoms with Crippen molar-refractivity contribution in [2.24, 2.45) is 0 Å². The molecule has 1 amide bonds. The van der Waals surface area contributed by atoms with E-state index in [1.54, 1.807) is 4.90 Å². The van der Waals surface area contributed by atoms with E-state index in [0.717, 1.165) is 11.3 Å². The zero-order valence-corrected chi connectivity index (χ0v) is 13.3. The van der Waals surface area contributed by atoms with Gasteiger partial charge in [-0.05, 0) is 52.7 Å². The van der Waals surface area contributed by atoms with Crippen molar-refractivity contribution in [2.75, 3.05) is 6.54 Å². The van der Waals surface area contributed by atoms with Crippen LogP contribution in [0.3, 0.4) is 0 Å². The predicted molar refractivity (Wildman–Crippen MR) is 79.0 cm³/mol. The van der Waals surface area contributed by atoms with Crippen molar-refractivity contribution in [3.05, 3.63) is 21.9 Å². The highest BCUT2D eigenvalue weighted by atomic mass is 32.1. The van der Waals surface area contributed by atoms with Crippen LogP contribution in [0.15, 0.2) is 12.1 Å². The number of carbonyl (C=O) groups is 2. The van der Waals surface area contributed by atoms with Crippen molar-refractivity contribution in [3.63, 3.8) is 0 Å². The maximum absolute atomic E-state index is 12.5. The van der Waals surface area contributed by atoms with Crippen molar-refractivity contribution >= 4 is 23.2 Å². The number of esters is 1. The normalized spacial score (nSPS) is 19.2. The highest BCUT2D eigenvalue weighted by Gasteiger charge is 2.37. The maximum Gasteiger partial charge on any atom is 0.329 e. The smallest absolute Gasteiger partial charge is 0.329 e. The minimum Gasteiger partial charge on any atom is -0.458 e. The molecule has 0 aromatic carbocycles. The third-order valence-electron chi connectivity index (χ3n) is 3.14. The zero-order chi connectivity index (χ0) is 14.9. The first-order valence-corrected chi connectivity index (χ1v) is 7.70. The molecule has 2 rings (SSSR count). The first-order chi connectivity index (χ1) is 9.28. The van der Waals surface area contributed by atoms with Crippen LogP contribution in [0, 0.1) is 6.92 Å². The van der Waals surface area contributed by atoms with Crippen LogP contribution in [0.2, 0.25) is 0 Å². The third kappa shape index (κ3) is 3.39. The van der Waals surface area contributed by atoms with Crippen LogP contribution in [-0.2, 0) is 9.53 Å².